The highest BCUT2D eigenvalue weighted by atomic mass is 16.5. The van der Waals surface area contributed by atoms with Crippen LogP contribution in [0.1, 0.15) is 40.6 Å². The standard InChI is InChI=1S/C20H18N2O5/c1-12-8-16(15-6-3-7-25-15)27-20(24)18(12)19(23)22-14-5-2-4-13(9-14)17-10-21-11-26-17/h2,4-5,8-11,15H,3,6-7H2,1H3,(H,22,23). The van der Waals surface area contributed by atoms with Gasteiger partial charge in [0.1, 0.15) is 17.4 Å². The van der Waals surface area contributed by atoms with Crippen molar-refractivity contribution in [1.82, 2.24) is 4.98 Å². The van der Waals surface area contributed by atoms with Crippen LogP contribution < -0.4 is 10.9 Å². The number of rotatable bonds is 4. The maximum Gasteiger partial charge on any atom is 0.349 e. The van der Waals surface area contributed by atoms with Crippen molar-refractivity contribution < 1.29 is 18.4 Å². The average molecular weight is 366 g/mol. The molecule has 0 spiro atoms. The topological polar surface area (TPSA) is 94.6 Å². The fourth-order valence-corrected chi connectivity index (χ4v) is 3.17. The van der Waals surface area contributed by atoms with Crippen molar-refractivity contribution in [2.75, 3.05) is 11.9 Å². The van der Waals surface area contributed by atoms with E-state index in [1.807, 2.05) is 6.07 Å². The summed E-state index contributed by atoms with van der Waals surface area (Å²) >= 11 is 0. The molecule has 0 bridgehead atoms. The summed E-state index contributed by atoms with van der Waals surface area (Å²) in [5.74, 6) is 0.538. The van der Waals surface area contributed by atoms with E-state index in [1.165, 1.54) is 6.39 Å². The van der Waals surface area contributed by atoms with Gasteiger partial charge in [-0.05, 0) is 43.5 Å². The number of oxazole rings is 1. The first-order chi connectivity index (χ1) is 13.1. The van der Waals surface area contributed by atoms with Gasteiger partial charge in [0, 0.05) is 17.9 Å². The van der Waals surface area contributed by atoms with Gasteiger partial charge in [-0.25, -0.2) is 9.78 Å². The van der Waals surface area contributed by atoms with Crippen molar-refractivity contribution in [2.45, 2.75) is 25.9 Å². The Hall–Kier alpha value is -3.19. The molecule has 1 aliphatic rings. The molecule has 3 aromatic rings. The van der Waals surface area contributed by atoms with Crippen LogP contribution in [0.15, 0.2) is 56.6 Å². The highest BCUT2D eigenvalue weighted by Crippen LogP contribution is 2.28. The first-order valence-electron chi connectivity index (χ1n) is 8.68. The van der Waals surface area contributed by atoms with E-state index in [0.29, 0.717) is 29.4 Å². The zero-order valence-electron chi connectivity index (χ0n) is 14.7. The van der Waals surface area contributed by atoms with Crippen molar-refractivity contribution in [3.8, 4) is 11.3 Å². The first-order valence-corrected chi connectivity index (χ1v) is 8.68. The lowest BCUT2D eigenvalue weighted by molar-refractivity contribution is 0.0895. The molecule has 1 saturated heterocycles. The summed E-state index contributed by atoms with van der Waals surface area (Å²) in [7, 11) is 0. The van der Waals surface area contributed by atoms with Gasteiger partial charge in [-0.3, -0.25) is 4.79 Å². The van der Waals surface area contributed by atoms with Crippen molar-refractivity contribution in [2.24, 2.45) is 0 Å². The van der Waals surface area contributed by atoms with Gasteiger partial charge in [0.25, 0.3) is 5.91 Å². The molecule has 1 N–H and O–H groups in total. The maximum absolute atomic E-state index is 12.6. The molecule has 138 valence electrons. The number of hydrogen-bond donors (Lipinski definition) is 1. The second-order valence-electron chi connectivity index (χ2n) is 6.40. The molecular formula is C20H18N2O5. The van der Waals surface area contributed by atoms with Gasteiger partial charge < -0.3 is 18.9 Å². The molecule has 1 atom stereocenters. The Kier molecular flexibility index (Phi) is 4.60. The van der Waals surface area contributed by atoms with Gasteiger partial charge >= 0.3 is 5.63 Å². The minimum atomic E-state index is -0.663. The molecule has 4 rings (SSSR count). The van der Waals surface area contributed by atoms with E-state index in [1.54, 1.807) is 37.4 Å². The van der Waals surface area contributed by atoms with Crippen LogP contribution in [0.3, 0.4) is 0 Å². The van der Waals surface area contributed by atoms with Crippen LogP contribution in [0, 0.1) is 6.92 Å². The Morgan fingerprint density at radius 1 is 1.30 bits per heavy atom. The third kappa shape index (κ3) is 3.54. The zero-order valence-corrected chi connectivity index (χ0v) is 14.7. The summed E-state index contributed by atoms with van der Waals surface area (Å²) in [5.41, 5.74) is 1.19. The minimum Gasteiger partial charge on any atom is -0.444 e. The van der Waals surface area contributed by atoms with Crippen molar-refractivity contribution >= 4 is 11.6 Å². The number of amides is 1. The van der Waals surface area contributed by atoms with Gasteiger partial charge in [0.15, 0.2) is 12.2 Å². The summed E-state index contributed by atoms with van der Waals surface area (Å²) in [6.07, 6.45) is 4.44. The van der Waals surface area contributed by atoms with Crippen LogP contribution in [0.5, 0.6) is 0 Å². The summed E-state index contributed by atoms with van der Waals surface area (Å²) in [5, 5.41) is 2.74. The molecule has 2 aromatic heterocycles. The van der Waals surface area contributed by atoms with E-state index in [2.05, 4.69) is 10.3 Å². The quantitative estimate of drug-likeness (QED) is 0.756. The number of nitrogens with zero attached hydrogens (tertiary/aromatic N) is 1. The predicted molar refractivity (Wildman–Crippen MR) is 97.5 cm³/mol. The lowest BCUT2D eigenvalue weighted by atomic mass is 10.1. The largest absolute Gasteiger partial charge is 0.444 e. The Morgan fingerprint density at radius 2 is 2.19 bits per heavy atom. The highest BCUT2D eigenvalue weighted by Gasteiger charge is 2.24. The van der Waals surface area contributed by atoms with Gasteiger partial charge in [0.2, 0.25) is 0 Å². The molecule has 0 saturated carbocycles. The van der Waals surface area contributed by atoms with Gasteiger partial charge in [-0.15, -0.1) is 0 Å². The Labute approximate surface area is 155 Å². The van der Waals surface area contributed by atoms with Crippen molar-refractivity contribution in [1.29, 1.82) is 0 Å². The van der Waals surface area contributed by atoms with Crippen molar-refractivity contribution in [3.63, 3.8) is 0 Å². The highest BCUT2D eigenvalue weighted by molar-refractivity contribution is 6.05. The van der Waals surface area contributed by atoms with E-state index in [-0.39, 0.29) is 11.7 Å². The number of ether oxygens (including phenoxy) is 1. The number of hydrogen-bond acceptors (Lipinski definition) is 6. The molecule has 0 radical (unpaired) electrons. The number of benzene rings is 1. The molecule has 1 amide bonds. The Morgan fingerprint density at radius 3 is 2.89 bits per heavy atom. The molecule has 1 unspecified atom stereocenters. The molecular weight excluding hydrogens is 348 g/mol. The zero-order chi connectivity index (χ0) is 18.8. The third-order valence-electron chi connectivity index (χ3n) is 4.48. The number of carbonyl (C=O) groups excluding carboxylic acids is 1. The molecule has 27 heavy (non-hydrogen) atoms. The smallest absolute Gasteiger partial charge is 0.349 e. The predicted octanol–water partition coefficient (Wildman–Crippen LogP) is 3.71. The van der Waals surface area contributed by atoms with E-state index in [4.69, 9.17) is 13.6 Å². The number of carbonyl (C=O) groups is 1. The Bertz CT molecular complexity index is 1020. The molecule has 1 aliphatic heterocycles. The molecule has 1 fully saturated rings. The summed E-state index contributed by atoms with van der Waals surface area (Å²) in [4.78, 5) is 28.9. The second kappa shape index (κ2) is 7.20. The lowest BCUT2D eigenvalue weighted by Crippen LogP contribution is -2.23. The molecule has 3 heterocycles. The fourth-order valence-electron chi connectivity index (χ4n) is 3.17. The maximum atomic E-state index is 12.6. The molecule has 0 aliphatic carbocycles. The molecule has 1 aromatic carbocycles. The SMILES string of the molecule is Cc1cc(C2CCCO2)oc(=O)c1C(=O)Nc1cccc(-c2cnco2)c1. The molecule has 7 heteroatoms. The van der Waals surface area contributed by atoms with E-state index < -0.39 is 11.5 Å². The summed E-state index contributed by atoms with van der Waals surface area (Å²) in [6.45, 7) is 2.37. The average Bonchev–Trinajstić information content (AvgIpc) is 3.35. The van der Waals surface area contributed by atoms with E-state index in [9.17, 15) is 9.59 Å². The van der Waals surface area contributed by atoms with Crippen LogP contribution in [0.4, 0.5) is 5.69 Å². The summed E-state index contributed by atoms with van der Waals surface area (Å²) in [6, 6.07) is 8.80. The first kappa shape index (κ1) is 17.2. The van der Waals surface area contributed by atoms with Crippen LogP contribution in [-0.4, -0.2) is 17.5 Å². The third-order valence-corrected chi connectivity index (χ3v) is 4.48. The summed E-state index contributed by atoms with van der Waals surface area (Å²) < 4.78 is 16.2. The van der Waals surface area contributed by atoms with Crippen LogP contribution in [-0.2, 0) is 4.74 Å². The van der Waals surface area contributed by atoms with Gasteiger partial charge in [-0.1, -0.05) is 12.1 Å². The monoisotopic (exact) mass is 366 g/mol. The van der Waals surface area contributed by atoms with E-state index >= 15 is 0 Å². The number of aromatic nitrogens is 1. The van der Waals surface area contributed by atoms with Gasteiger partial charge in [0.05, 0.1) is 6.20 Å². The number of nitrogens with one attached hydrogen (secondary N) is 1. The van der Waals surface area contributed by atoms with Crippen LogP contribution >= 0.6 is 0 Å². The van der Waals surface area contributed by atoms with Crippen LogP contribution in [0.2, 0.25) is 0 Å². The van der Waals surface area contributed by atoms with E-state index in [0.717, 1.165) is 18.4 Å². The second-order valence-corrected chi connectivity index (χ2v) is 6.40. The molecule has 7 nitrogen and oxygen atoms in total. The fraction of sp³-hybridized carbons (Fsp3) is 0.250. The minimum absolute atomic E-state index is 0.0122. The van der Waals surface area contributed by atoms with Crippen molar-refractivity contribution in [3.05, 3.63) is 70.2 Å². The Balaban J connectivity index is 1.58. The lowest BCUT2D eigenvalue weighted by Gasteiger charge is -2.11. The van der Waals surface area contributed by atoms with Crippen LogP contribution in [0.25, 0.3) is 11.3 Å². The van der Waals surface area contributed by atoms with Gasteiger partial charge in [-0.2, -0.15) is 0 Å². The number of anilines is 1. The normalized spacial score (nSPS) is 16.4. The number of aryl methyl sites for hydroxylation is 1.